The molecule has 1 aliphatic rings. The van der Waals surface area contributed by atoms with Gasteiger partial charge in [0.25, 0.3) is 5.91 Å². The molecule has 14 heteroatoms. The van der Waals surface area contributed by atoms with Crippen LogP contribution in [-0.4, -0.2) is 49.8 Å². The number of anilines is 2. The molecule has 38 heavy (non-hydrogen) atoms. The fourth-order valence-electron chi connectivity index (χ4n) is 3.86. The molecule has 194 valence electrons. The quantitative estimate of drug-likeness (QED) is 0.201. The number of carbonyl (C=O) groups is 1. The summed E-state index contributed by atoms with van der Waals surface area (Å²) in [5, 5.41) is 23.8. The number of rotatable bonds is 7. The Balaban J connectivity index is 1.46. The van der Waals surface area contributed by atoms with E-state index in [9.17, 15) is 18.0 Å². The first-order valence-corrected chi connectivity index (χ1v) is 11.7. The number of amides is 1. The van der Waals surface area contributed by atoms with Gasteiger partial charge in [0, 0.05) is 17.3 Å². The van der Waals surface area contributed by atoms with Crippen LogP contribution in [0.3, 0.4) is 0 Å². The van der Waals surface area contributed by atoms with E-state index in [0.29, 0.717) is 17.1 Å². The number of hydrogen-bond acceptors (Lipinski definition) is 8. The molecule has 3 aromatic heterocycles. The van der Waals surface area contributed by atoms with Gasteiger partial charge in [-0.1, -0.05) is 17.7 Å². The number of carbonyl (C=O) groups excluding carboxylic acids is 1. The molecule has 0 aliphatic carbocycles. The first-order valence-electron chi connectivity index (χ1n) is 11.3. The van der Waals surface area contributed by atoms with Crippen molar-refractivity contribution in [3.8, 4) is 5.82 Å². The third kappa shape index (κ3) is 5.06. The standard InChI is InChI=1S/C24H19ClF3N9O/c25-16-10-13(12-31-22(16)37-32-8-9-33-37)34-23(38)15(11-29)21(24(26,27)28)36-18-3-1-2-17-14(18)4-5-20(35-17)19-6-7-30-19/h1-5,8-12,19,29-30,36H,6-7H2,(H,34,38)/b21-15+,29-11?. The van der Waals surface area contributed by atoms with Crippen LogP contribution in [0.2, 0.25) is 5.02 Å². The highest BCUT2D eigenvalue weighted by molar-refractivity contribution is 6.32. The van der Waals surface area contributed by atoms with Crippen molar-refractivity contribution in [2.45, 2.75) is 18.6 Å². The van der Waals surface area contributed by atoms with Gasteiger partial charge >= 0.3 is 6.18 Å². The van der Waals surface area contributed by atoms with Crippen LogP contribution in [-0.2, 0) is 4.79 Å². The van der Waals surface area contributed by atoms with Gasteiger partial charge in [-0.15, -0.1) is 4.80 Å². The first kappa shape index (κ1) is 25.3. The van der Waals surface area contributed by atoms with E-state index in [-0.39, 0.29) is 28.3 Å². The summed E-state index contributed by atoms with van der Waals surface area (Å²) < 4.78 is 42.5. The van der Waals surface area contributed by atoms with Gasteiger partial charge in [-0.05, 0) is 43.3 Å². The highest BCUT2D eigenvalue weighted by atomic mass is 35.5. The Bertz CT molecular complexity index is 1550. The Morgan fingerprint density at radius 2 is 1.95 bits per heavy atom. The molecule has 4 aromatic rings. The summed E-state index contributed by atoms with van der Waals surface area (Å²) in [6, 6.07) is 9.55. The fraction of sp³-hybridized carbons (Fsp3) is 0.167. The Hall–Kier alpha value is -4.36. The van der Waals surface area contributed by atoms with Gasteiger partial charge in [0.15, 0.2) is 5.82 Å². The molecule has 1 amide bonds. The summed E-state index contributed by atoms with van der Waals surface area (Å²) in [6.45, 7) is 0.883. The van der Waals surface area contributed by atoms with Gasteiger partial charge < -0.3 is 21.4 Å². The third-order valence-electron chi connectivity index (χ3n) is 5.82. The number of alkyl halides is 3. The minimum absolute atomic E-state index is 0.0169. The maximum Gasteiger partial charge on any atom is 0.432 e. The minimum atomic E-state index is -4.98. The molecule has 5 rings (SSSR count). The van der Waals surface area contributed by atoms with Gasteiger partial charge in [-0.25, -0.2) is 4.98 Å². The Labute approximate surface area is 218 Å². The van der Waals surface area contributed by atoms with E-state index < -0.39 is 23.4 Å². The van der Waals surface area contributed by atoms with E-state index in [0.717, 1.165) is 23.5 Å². The number of pyridine rings is 2. The number of aromatic nitrogens is 5. The van der Waals surface area contributed by atoms with Gasteiger partial charge in [-0.3, -0.25) is 9.78 Å². The highest BCUT2D eigenvalue weighted by Crippen LogP contribution is 2.33. The van der Waals surface area contributed by atoms with Crippen LogP contribution in [0.15, 0.2) is 66.3 Å². The summed E-state index contributed by atoms with van der Waals surface area (Å²) in [5.41, 5.74) is -0.943. The molecule has 1 unspecified atom stereocenters. The largest absolute Gasteiger partial charge is 0.432 e. The number of allylic oxidation sites excluding steroid dienone is 1. The molecule has 0 spiro atoms. The van der Waals surface area contributed by atoms with E-state index >= 15 is 0 Å². The lowest BCUT2D eigenvalue weighted by atomic mass is 10.0. The molecule has 10 nitrogen and oxygen atoms in total. The summed E-state index contributed by atoms with van der Waals surface area (Å²) >= 11 is 6.19. The Morgan fingerprint density at radius 1 is 1.18 bits per heavy atom. The monoisotopic (exact) mass is 541 g/mol. The van der Waals surface area contributed by atoms with Crippen LogP contribution in [0.5, 0.6) is 0 Å². The van der Waals surface area contributed by atoms with Crippen molar-refractivity contribution >= 4 is 46.0 Å². The maximum atomic E-state index is 14.2. The number of benzene rings is 1. The van der Waals surface area contributed by atoms with E-state index in [1.165, 1.54) is 30.7 Å². The van der Waals surface area contributed by atoms with Crippen molar-refractivity contribution in [1.29, 1.82) is 5.41 Å². The summed E-state index contributed by atoms with van der Waals surface area (Å²) in [7, 11) is 0. The van der Waals surface area contributed by atoms with Crippen LogP contribution in [0.1, 0.15) is 18.2 Å². The van der Waals surface area contributed by atoms with Gasteiger partial charge in [-0.2, -0.15) is 23.4 Å². The molecule has 1 aliphatic heterocycles. The molecule has 1 aromatic carbocycles. The number of hydrogen-bond donors (Lipinski definition) is 4. The molecule has 4 N–H and O–H groups in total. The Morgan fingerprint density at radius 3 is 2.58 bits per heavy atom. The first-order chi connectivity index (χ1) is 18.2. The summed E-state index contributed by atoms with van der Waals surface area (Å²) in [4.78, 5) is 22.7. The summed E-state index contributed by atoms with van der Waals surface area (Å²) in [6.07, 6.45) is 0.301. The molecule has 1 saturated heterocycles. The fourth-order valence-corrected chi connectivity index (χ4v) is 4.10. The molecule has 0 bridgehead atoms. The molecule has 0 radical (unpaired) electrons. The number of halogens is 4. The van der Waals surface area contributed by atoms with Gasteiger partial charge in [0.1, 0.15) is 5.70 Å². The number of fused-ring (bicyclic) bond motifs is 1. The highest BCUT2D eigenvalue weighted by Gasteiger charge is 2.38. The van der Waals surface area contributed by atoms with Crippen molar-refractivity contribution in [1.82, 2.24) is 30.3 Å². The van der Waals surface area contributed by atoms with Crippen molar-refractivity contribution in [2.75, 3.05) is 17.2 Å². The zero-order chi connectivity index (χ0) is 26.9. The maximum absolute atomic E-state index is 14.2. The second kappa shape index (κ2) is 10.2. The van der Waals surface area contributed by atoms with E-state index in [1.807, 2.05) is 0 Å². The molecular weight excluding hydrogens is 523 g/mol. The average molecular weight is 542 g/mol. The van der Waals surface area contributed by atoms with Crippen LogP contribution < -0.4 is 16.0 Å². The van der Waals surface area contributed by atoms with E-state index in [4.69, 9.17) is 17.0 Å². The van der Waals surface area contributed by atoms with Crippen molar-refractivity contribution in [3.63, 3.8) is 0 Å². The Kier molecular flexibility index (Phi) is 6.78. The number of nitrogens with zero attached hydrogens (tertiary/aromatic N) is 5. The topological polar surface area (TPSA) is 134 Å². The normalized spacial score (nSPS) is 15.9. The predicted molar refractivity (Wildman–Crippen MR) is 135 cm³/mol. The van der Waals surface area contributed by atoms with Crippen LogP contribution >= 0.6 is 11.6 Å². The lowest BCUT2D eigenvalue weighted by Gasteiger charge is -2.27. The van der Waals surface area contributed by atoms with Crippen molar-refractivity contribution < 1.29 is 18.0 Å². The van der Waals surface area contributed by atoms with E-state index in [2.05, 4.69) is 36.1 Å². The van der Waals surface area contributed by atoms with Crippen LogP contribution in [0, 0.1) is 5.41 Å². The second-order valence-corrected chi connectivity index (χ2v) is 8.67. The van der Waals surface area contributed by atoms with Crippen LogP contribution in [0.4, 0.5) is 24.5 Å². The SMILES string of the molecule is N=C/C(C(=O)Nc1cnc(-n2nccn2)c(Cl)c1)=C(\Nc1cccc2nc(C3CCN3)ccc12)C(F)(F)F. The lowest BCUT2D eigenvalue weighted by molar-refractivity contribution is -0.114. The van der Waals surface area contributed by atoms with Gasteiger partial charge in [0.05, 0.1) is 52.1 Å². The lowest BCUT2D eigenvalue weighted by Crippen LogP contribution is -2.35. The minimum Gasteiger partial charge on any atom is -0.350 e. The van der Waals surface area contributed by atoms with Gasteiger partial charge in [0.2, 0.25) is 0 Å². The van der Waals surface area contributed by atoms with Crippen molar-refractivity contribution in [3.05, 3.63) is 77.0 Å². The third-order valence-corrected chi connectivity index (χ3v) is 6.10. The average Bonchev–Trinajstić information content (AvgIpc) is 3.37. The van der Waals surface area contributed by atoms with Crippen molar-refractivity contribution in [2.24, 2.45) is 0 Å². The summed E-state index contributed by atoms with van der Waals surface area (Å²) in [5.74, 6) is -1.02. The predicted octanol–water partition coefficient (Wildman–Crippen LogP) is 4.41. The van der Waals surface area contributed by atoms with Crippen LogP contribution in [0.25, 0.3) is 16.7 Å². The van der Waals surface area contributed by atoms with E-state index in [1.54, 1.807) is 24.3 Å². The molecule has 1 fully saturated rings. The second-order valence-electron chi connectivity index (χ2n) is 8.26. The molecule has 4 heterocycles. The molecule has 1 atom stereocenters. The molecular formula is C24H19ClF3N9O. The molecule has 0 saturated carbocycles. The zero-order valence-electron chi connectivity index (χ0n) is 19.4. The number of nitrogens with one attached hydrogen (secondary N) is 4. The smallest absolute Gasteiger partial charge is 0.350 e. The zero-order valence-corrected chi connectivity index (χ0v) is 20.2.